The molecule has 1 fully saturated rings. The van der Waals surface area contributed by atoms with Crippen LogP contribution in [0.5, 0.6) is 0 Å². The van der Waals surface area contributed by atoms with E-state index in [-0.39, 0.29) is 5.91 Å². The van der Waals surface area contributed by atoms with Gasteiger partial charge in [-0.2, -0.15) is 0 Å². The molecule has 0 atom stereocenters. The summed E-state index contributed by atoms with van der Waals surface area (Å²) in [5, 5.41) is 12.6. The second kappa shape index (κ2) is 9.92. The number of aryl methyl sites for hydroxylation is 2. The van der Waals surface area contributed by atoms with E-state index in [1.807, 2.05) is 38.1 Å². The Bertz CT molecular complexity index is 824. The van der Waals surface area contributed by atoms with Crippen LogP contribution in [0, 0.1) is 19.8 Å². The predicted octanol–water partition coefficient (Wildman–Crippen LogP) is 4.93. The van der Waals surface area contributed by atoms with Crippen LogP contribution in [0.15, 0.2) is 36.0 Å². The number of nitrogens with zero attached hydrogens (tertiary/aromatic N) is 3. The lowest BCUT2D eigenvalue weighted by Crippen LogP contribution is -2.16. The molecule has 0 unspecified atom stereocenters. The van der Waals surface area contributed by atoms with Crippen LogP contribution in [0.3, 0.4) is 0 Å². The molecule has 0 saturated heterocycles. The van der Waals surface area contributed by atoms with Crippen LogP contribution in [0.1, 0.15) is 49.1 Å². The van der Waals surface area contributed by atoms with Crippen molar-refractivity contribution in [2.75, 3.05) is 11.1 Å². The highest BCUT2D eigenvalue weighted by molar-refractivity contribution is 7.99. The molecule has 1 amide bonds. The Morgan fingerprint density at radius 2 is 2.07 bits per heavy atom. The van der Waals surface area contributed by atoms with Crippen molar-refractivity contribution in [1.29, 1.82) is 0 Å². The van der Waals surface area contributed by atoms with Gasteiger partial charge in [0.05, 0.1) is 5.75 Å². The molecule has 0 aliphatic heterocycles. The maximum absolute atomic E-state index is 12.4. The van der Waals surface area contributed by atoms with Crippen LogP contribution in [0.2, 0.25) is 0 Å². The number of rotatable bonds is 8. The number of benzene rings is 1. The Morgan fingerprint density at radius 3 is 2.82 bits per heavy atom. The molecule has 2 aromatic rings. The molecular weight excluding hydrogens is 368 g/mol. The Kier molecular flexibility index (Phi) is 7.31. The van der Waals surface area contributed by atoms with Crippen molar-refractivity contribution in [3.05, 3.63) is 47.8 Å². The zero-order chi connectivity index (χ0) is 19.9. The highest BCUT2D eigenvalue weighted by Crippen LogP contribution is 2.28. The number of thioether (sulfide) groups is 1. The van der Waals surface area contributed by atoms with Crippen molar-refractivity contribution in [2.45, 2.75) is 64.1 Å². The predicted molar refractivity (Wildman–Crippen MR) is 116 cm³/mol. The third kappa shape index (κ3) is 5.47. The Morgan fingerprint density at radius 1 is 1.29 bits per heavy atom. The lowest BCUT2D eigenvalue weighted by Gasteiger charge is -2.21. The van der Waals surface area contributed by atoms with Gasteiger partial charge < -0.3 is 9.88 Å². The van der Waals surface area contributed by atoms with Crippen LogP contribution < -0.4 is 5.32 Å². The number of carbonyl (C=O) groups is 1. The molecule has 1 aromatic carbocycles. The topological polar surface area (TPSA) is 59.8 Å². The van der Waals surface area contributed by atoms with Crippen molar-refractivity contribution < 1.29 is 4.79 Å². The third-order valence-electron chi connectivity index (χ3n) is 5.30. The van der Waals surface area contributed by atoms with E-state index < -0.39 is 0 Å². The molecule has 3 rings (SSSR count). The van der Waals surface area contributed by atoms with Gasteiger partial charge in [-0.15, -0.1) is 16.8 Å². The minimum absolute atomic E-state index is 0.0271. The SMILES string of the molecule is C=CCn1c(CC2CCCCC2)nnc1SCC(=O)Nc1cc(C)ccc1C. The van der Waals surface area contributed by atoms with Crippen molar-refractivity contribution in [1.82, 2.24) is 14.8 Å². The summed E-state index contributed by atoms with van der Waals surface area (Å²) in [5.41, 5.74) is 3.07. The monoisotopic (exact) mass is 398 g/mol. The molecule has 1 saturated carbocycles. The number of anilines is 1. The van der Waals surface area contributed by atoms with Crippen LogP contribution in [-0.4, -0.2) is 26.4 Å². The van der Waals surface area contributed by atoms with Crippen LogP contribution in [0.4, 0.5) is 5.69 Å². The largest absolute Gasteiger partial charge is 0.325 e. The van der Waals surface area contributed by atoms with Gasteiger partial charge in [0, 0.05) is 18.7 Å². The van der Waals surface area contributed by atoms with Gasteiger partial charge in [-0.25, -0.2) is 0 Å². The second-order valence-electron chi connectivity index (χ2n) is 7.66. The van der Waals surface area contributed by atoms with E-state index in [0.29, 0.717) is 18.2 Å². The first kappa shape index (κ1) is 20.6. The minimum atomic E-state index is -0.0271. The van der Waals surface area contributed by atoms with E-state index in [1.54, 1.807) is 0 Å². The van der Waals surface area contributed by atoms with Crippen LogP contribution in [0.25, 0.3) is 0 Å². The average molecular weight is 399 g/mol. The summed E-state index contributed by atoms with van der Waals surface area (Å²) in [6.07, 6.45) is 9.39. The summed E-state index contributed by atoms with van der Waals surface area (Å²) in [6, 6.07) is 6.07. The summed E-state index contributed by atoms with van der Waals surface area (Å²) < 4.78 is 2.11. The smallest absolute Gasteiger partial charge is 0.234 e. The van der Waals surface area contributed by atoms with E-state index in [9.17, 15) is 4.79 Å². The molecule has 1 aliphatic rings. The van der Waals surface area contributed by atoms with Gasteiger partial charge >= 0.3 is 0 Å². The maximum atomic E-state index is 12.4. The lowest BCUT2D eigenvalue weighted by molar-refractivity contribution is -0.113. The molecular formula is C22H30N4OS. The molecule has 0 bridgehead atoms. The molecule has 1 N–H and O–H groups in total. The summed E-state index contributed by atoms with van der Waals surface area (Å²) in [7, 11) is 0. The van der Waals surface area contributed by atoms with Crippen molar-refractivity contribution in [3.63, 3.8) is 0 Å². The van der Waals surface area contributed by atoms with E-state index >= 15 is 0 Å². The van der Waals surface area contributed by atoms with Crippen molar-refractivity contribution >= 4 is 23.4 Å². The van der Waals surface area contributed by atoms with Gasteiger partial charge in [0.1, 0.15) is 5.82 Å². The summed E-state index contributed by atoms with van der Waals surface area (Å²) in [6.45, 7) is 8.57. The number of nitrogens with one attached hydrogen (secondary N) is 1. The zero-order valence-corrected chi connectivity index (χ0v) is 17.7. The number of allylic oxidation sites excluding steroid dienone is 1. The third-order valence-corrected chi connectivity index (χ3v) is 6.27. The molecule has 1 aliphatic carbocycles. The fourth-order valence-electron chi connectivity index (χ4n) is 3.73. The lowest BCUT2D eigenvalue weighted by atomic mass is 9.87. The molecule has 150 valence electrons. The molecule has 1 heterocycles. The fraction of sp³-hybridized carbons (Fsp3) is 0.500. The number of carbonyl (C=O) groups excluding carboxylic acids is 1. The minimum Gasteiger partial charge on any atom is -0.325 e. The number of hydrogen-bond donors (Lipinski definition) is 1. The summed E-state index contributed by atoms with van der Waals surface area (Å²) in [5.74, 6) is 2.00. The molecule has 0 spiro atoms. The van der Waals surface area contributed by atoms with Gasteiger partial charge in [0.2, 0.25) is 5.91 Å². The van der Waals surface area contributed by atoms with Crippen molar-refractivity contribution in [3.8, 4) is 0 Å². The van der Waals surface area contributed by atoms with Gasteiger partial charge in [0.15, 0.2) is 5.16 Å². The van der Waals surface area contributed by atoms with Gasteiger partial charge in [-0.05, 0) is 37.0 Å². The summed E-state index contributed by atoms with van der Waals surface area (Å²) in [4.78, 5) is 12.4. The first-order valence-electron chi connectivity index (χ1n) is 10.1. The Labute approximate surface area is 172 Å². The summed E-state index contributed by atoms with van der Waals surface area (Å²) >= 11 is 1.44. The molecule has 5 nitrogen and oxygen atoms in total. The Hall–Kier alpha value is -2.08. The number of amides is 1. The van der Waals surface area contributed by atoms with Crippen LogP contribution >= 0.6 is 11.8 Å². The van der Waals surface area contributed by atoms with Gasteiger partial charge in [0.25, 0.3) is 0 Å². The van der Waals surface area contributed by atoms with Crippen molar-refractivity contribution in [2.24, 2.45) is 5.92 Å². The fourth-order valence-corrected chi connectivity index (χ4v) is 4.49. The van der Waals surface area contributed by atoms with E-state index in [1.165, 1.54) is 43.9 Å². The normalized spacial score (nSPS) is 14.8. The van der Waals surface area contributed by atoms with Crippen LogP contribution in [-0.2, 0) is 17.8 Å². The average Bonchev–Trinajstić information content (AvgIpc) is 3.06. The quantitative estimate of drug-likeness (QED) is 0.506. The van der Waals surface area contributed by atoms with E-state index in [0.717, 1.165) is 34.2 Å². The van der Waals surface area contributed by atoms with Gasteiger partial charge in [-0.1, -0.05) is 62.1 Å². The molecule has 6 heteroatoms. The Balaban J connectivity index is 1.62. The number of aromatic nitrogens is 3. The molecule has 28 heavy (non-hydrogen) atoms. The second-order valence-corrected chi connectivity index (χ2v) is 8.60. The van der Waals surface area contributed by atoms with E-state index in [2.05, 4.69) is 26.7 Å². The molecule has 0 radical (unpaired) electrons. The maximum Gasteiger partial charge on any atom is 0.234 e. The zero-order valence-electron chi connectivity index (χ0n) is 16.9. The first-order valence-corrected chi connectivity index (χ1v) is 11.1. The van der Waals surface area contributed by atoms with E-state index in [4.69, 9.17) is 0 Å². The number of hydrogen-bond acceptors (Lipinski definition) is 4. The first-order chi connectivity index (χ1) is 13.6. The standard InChI is InChI=1S/C22H30N4OS/c1-4-12-26-20(14-18-8-6-5-7-9-18)24-25-22(26)28-15-21(27)23-19-13-16(2)10-11-17(19)3/h4,10-11,13,18H,1,5-9,12,14-15H2,2-3H3,(H,23,27). The van der Waals surface area contributed by atoms with Gasteiger partial charge in [-0.3, -0.25) is 4.79 Å². The highest BCUT2D eigenvalue weighted by Gasteiger charge is 2.19. The molecule has 1 aromatic heterocycles. The highest BCUT2D eigenvalue weighted by atomic mass is 32.2.